The van der Waals surface area contributed by atoms with Crippen LogP contribution in [0.2, 0.25) is 0 Å². The van der Waals surface area contributed by atoms with Gasteiger partial charge in [0.05, 0.1) is 19.8 Å². The van der Waals surface area contributed by atoms with Crippen LogP contribution in [0, 0.1) is 13.8 Å². The van der Waals surface area contributed by atoms with E-state index in [1.54, 1.807) is 0 Å². The van der Waals surface area contributed by atoms with Gasteiger partial charge in [-0.1, -0.05) is 12.1 Å². The lowest BCUT2D eigenvalue weighted by molar-refractivity contribution is -0.144. The van der Waals surface area contributed by atoms with Crippen molar-refractivity contribution >= 4 is 17.5 Å². The van der Waals surface area contributed by atoms with Gasteiger partial charge in [-0.2, -0.15) is 0 Å². The molecule has 0 spiro atoms. The van der Waals surface area contributed by atoms with Crippen LogP contribution in [0.25, 0.3) is 5.57 Å². The van der Waals surface area contributed by atoms with Crippen LogP contribution in [0.5, 0.6) is 0 Å². The third-order valence-electron chi connectivity index (χ3n) is 3.87. The summed E-state index contributed by atoms with van der Waals surface area (Å²) in [5.41, 5.74) is 5.00. The molecule has 0 N–H and O–H groups in total. The lowest BCUT2D eigenvalue weighted by Crippen LogP contribution is -2.20. The highest BCUT2D eigenvalue weighted by Gasteiger charge is 2.41. The zero-order valence-electron chi connectivity index (χ0n) is 12.4. The van der Waals surface area contributed by atoms with Gasteiger partial charge in [0.1, 0.15) is 5.92 Å². The summed E-state index contributed by atoms with van der Waals surface area (Å²) in [6, 6.07) is 3.95. The normalized spacial score (nSPS) is 16.9. The summed E-state index contributed by atoms with van der Waals surface area (Å²) >= 11 is 0. The van der Waals surface area contributed by atoms with E-state index < -0.39 is 17.9 Å². The number of aryl methyl sites for hydroxylation is 2. The second-order valence-corrected chi connectivity index (χ2v) is 4.97. The molecule has 0 radical (unpaired) electrons. The monoisotopic (exact) mass is 274 g/mol. The summed E-state index contributed by atoms with van der Waals surface area (Å²) < 4.78 is 9.71. The van der Waals surface area contributed by atoms with Gasteiger partial charge >= 0.3 is 11.9 Å². The number of rotatable bonds is 2. The molecule has 1 atom stereocenters. The molecule has 0 fully saturated rings. The van der Waals surface area contributed by atoms with Crippen molar-refractivity contribution in [2.75, 3.05) is 14.2 Å². The van der Waals surface area contributed by atoms with E-state index in [9.17, 15) is 9.59 Å². The Labute approximate surface area is 118 Å². The topological polar surface area (TPSA) is 52.6 Å². The van der Waals surface area contributed by atoms with Crippen LogP contribution >= 0.6 is 0 Å². The average Bonchev–Trinajstić information content (AvgIpc) is 2.76. The van der Waals surface area contributed by atoms with E-state index >= 15 is 0 Å². The number of hydrogen-bond donors (Lipinski definition) is 0. The van der Waals surface area contributed by atoms with Gasteiger partial charge in [0.25, 0.3) is 0 Å². The molecule has 1 aromatic carbocycles. The Morgan fingerprint density at radius 1 is 1.00 bits per heavy atom. The molecule has 0 heterocycles. The Bertz CT molecular complexity index is 626. The van der Waals surface area contributed by atoms with Crippen LogP contribution in [0.3, 0.4) is 0 Å². The van der Waals surface area contributed by atoms with Gasteiger partial charge in [-0.3, -0.25) is 4.79 Å². The summed E-state index contributed by atoms with van der Waals surface area (Å²) in [5, 5.41) is 0. The quantitative estimate of drug-likeness (QED) is 0.778. The van der Waals surface area contributed by atoms with Crippen molar-refractivity contribution < 1.29 is 19.1 Å². The molecule has 0 bridgehead atoms. The van der Waals surface area contributed by atoms with Crippen LogP contribution in [-0.4, -0.2) is 26.2 Å². The number of carbonyl (C=O) groups excluding carboxylic acids is 2. The molecule has 106 valence electrons. The highest BCUT2D eigenvalue weighted by molar-refractivity contribution is 6.09. The van der Waals surface area contributed by atoms with Gasteiger partial charge in [-0.15, -0.1) is 0 Å². The van der Waals surface area contributed by atoms with E-state index in [1.165, 1.54) is 14.2 Å². The molecular weight excluding hydrogens is 256 g/mol. The molecule has 20 heavy (non-hydrogen) atoms. The maximum absolute atomic E-state index is 12.2. The molecule has 1 aliphatic carbocycles. The van der Waals surface area contributed by atoms with E-state index in [1.807, 2.05) is 32.9 Å². The van der Waals surface area contributed by atoms with Crippen LogP contribution in [-0.2, 0) is 19.1 Å². The molecule has 0 aliphatic heterocycles. The molecule has 0 aromatic heterocycles. The standard InChI is InChI=1S/C16H18O4/c1-8-6-7-9(2)12-11(8)10(3)13(15(17)19-4)14(12)16(18)20-5/h6-7,14H,1-5H3. The van der Waals surface area contributed by atoms with E-state index in [4.69, 9.17) is 9.47 Å². The van der Waals surface area contributed by atoms with Crippen molar-refractivity contribution in [3.05, 3.63) is 40.0 Å². The smallest absolute Gasteiger partial charge is 0.335 e. The SMILES string of the molecule is COC(=O)C1=C(C)c2c(C)ccc(C)c2C1C(=O)OC. The Hall–Kier alpha value is -2.10. The van der Waals surface area contributed by atoms with E-state index in [2.05, 4.69) is 0 Å². The minimum Gasteiger partial charge on any atom is -0.468 e. The average molecular weight is 274 g/mol. The highest BCUT2D eigenvalue weighted by atomic mass is 16.5. The second kappa shape index (κ2) is 5.12. The second-order valence-electron chi connectivity index (χ2n) is 4.97. The van der Waals surface area contributed by atoms with Crippen LogP contribution in [0.4, 0.5) is 0 Å². The van der Waals surface area contributed by atoms with Crippen molar-refractivity contribution in [2.45, 2.75) is 26.7 Å². The molecule has 2 rings (SSSR count). The van der Waals surface area contributed by atoms with Gasteiger partial charge in [0, 0.05) is 0 Å². The molecule has 0 saturated heterocycles. The summed E-state index contributed by atoms with van der Waals surface area (Å²) in [6.07, 6.45) is 0. The summed E-state index contributed by atoms with van der Waals surface area (Å²) in [5.74, 6) is -1.60. The minimum atomic E-state index is -0.692. The number of benzene rings is 1. The lowest BCUT2D eigenvalue weighted by Gasteiger charge is -2.15. The zero-order valence-corrected chi connectivity index (χ0v) is 12.4. The molecule has 0 amide bonds. The van der Waals surface area contributed by atoms with Gasteiger partial charge in [0.2, 0.25) is 0 Å². The third kappa shape index (κ3) is 1.92. The summed E-state index contributed by atoms with van der Waals surface area (Å²) in [7, 11) is 2.65. The molecule has 0 saturated carbocycles. The Kier molecular flexibility index (Phi) is 3.66. The first kappa shape index (κ1) is 14.3. The van der Waals surface area contributed by atoms with E-state index in [0.29, 0.717) is 5.57 Å². The molecule has 1 aromatic rings. The molecule has 4 heteroatoms. The largest absolute Gasteiger partial charge is 0.468 e. The van der Waals surface area contributed by atoms with Crippen LogP contribution < -0.4 is 0 Å². The number of allylic oxidation sites excluding steroid dienone is 1. The number of carbonyl (C=O) groups is 2. The van der Waals surface area contributed by atoms with Gasteiger partial charge in [-0.25, -0.2) is 4.79 Å². The fraction of sp³-hybridized carbons (Fsp3) is 0.375. The first-order valence-corrected chi connectivity index (χ1v) is 6.41. The number of esters is 2. The van der Waals surface area contributed by atoms with Gasteiger partial charge in [-0.05, 0) is 48.6 Å². The van der Waals surface area contributed by atoms with Crippen molar-refractivity contribution in [3.63, 3.8) is 0 Å². The number of ether oxygens (including phenoxy) is 2. The highest BCUT2D eigenvalue weighted by Crippen LogP contribution is 2.45. The Morgan fingerprint density at radius 2 is 1.60 bits per heavy atom. The number of methoxy groups -OCH3 is 2. The predicted molar refractivity (Wildman–Crippen MR) is 75.3 cm³/mol. The molecular formula is C16H18O4. The van der Waals surface area contributed by atoms with Crippen LogP contribution in [0.15, 0.2) is 17.7 Å². The first-order chi connectivity index (χ1) is 9.43. The maximum atomic E-state index is 12.2. The molecule has 4 nitrogen and oxygen atoms in total. The zero-order chi connectivity index (χ0) is 15.0. The van der Waals surface area contributed by atoms with Crippen molar-refractivity contribution in [1.82, 2.24) is 0 Å². The maximum Gasteiger partial charge on any atom is 0.335 e. The van der Waals surface area contributed by atoms with Crippen molar-refractivity contribution in [3.8, 4) is 0 Å². The summed E-state index contributed by atoms with van der Waals surface area (Å²) in [4.78, 5) is 24.2. The number of fused-ring (bicyclic) bond motifs is 1. The van der Waals surface area contributed by atoms with Crippen LogP contribution in [0.1, 0.15) is 35.1 Å². The fourth-order valence-corrected chi connectivity index (χ4v) is 2.93. The van der Waals surface area contributed by atoms with Crippen molar-refractivity contribution in [1.29, 1.82) is 0 Å². The third-order valence-corrected chi connectivity index (χ3v) is 3.87. The molecule has 1 aliphatic rings. The Balaban J connectivity index is 2.76. The van der Waals surface area contributed by atoms with E-state index in [-0.39, 0.29) is 0 Å². The van der Waals surface area contributed by atoms with Crippen molar-refractivity contribution in [2.24, 2.45) is 0 Å². The first-order valence-electron chi connectivity index (χ1n) is 6.41. The minimum absolute atomic E-state index is 0.381. The summed E-state index contributed by atoms with van der Waals surface area (Å²) in [6.45, 7) is 5.75. The lowest BCUT2D eigenvalue weighted by atomic mass is 9.90. The van der Waals surface area contributed by atoms with E-state index in [0.717, 1.165) is 27.8 Å². The predicted octanol–water partition coefficient (Wildman–Crippen LogP) is 2.52. The van der Waals surface area contributed by atoms with Gasteiger partial charge < -0.3 is 9.47 Å². The fourth-order valence-electron chi connectivity index (χ4n) is 2.93. The number of hydrogen-bond acceptors (Lipinski definition) is 4. The van der Waals surface area contributed by atoms with Gasteiger partial charge in [0.15, 0.2) is 0 Å². The Morgan fingerprint density at radius 3 is 2.15 bits per heavy atom. The molecule has 1 unspecified atom stereocenters.